The Morgan fingerprint density at radius 2 is 1.71 bits per heavy atom. The van der Waals surface area contributed by atoms with E-state index in [-0.39, 0.29) is 24.0 Å². The SMILES string of the molecule is CCCCN(C)CCNC(=NC)NC(C)CCCN(CC)CC.I. The third-order valence-electron chi connectivity index (χ3n) is 4.29. The van der Waals surface area contributed by atoms with Crippen LogP contribution in [0.1, 0.15) is 53.4 Å². The predicted molar refractivity (Wildman–Crippen MR) is 119 cm³/mol. The van der Waals surface area contributed by atoms with Crippen LogP contribution in [0.2, 0.25) is 0 Å². The van der Waals surface area contributed by atoms with Gasteiger partial charge in [0.25, 0.3) is 0 Å². The lowest BCUT2D eigenvalue weighted by Gasteiger charge is -2.22. The zero-order valence-corrected chi connectivity index (χ0v) is 19.2. The molecule has 0 radical (unpaired) electrons. The second-order valence-electron chi connectivity index (χ2n) is 6.37. The molecule has 6 heteroatoms. The van der Waals surface area contributed by atoms with E-state index in [0.717, 1.165) is 32.1 Å². The van der Waals surface area contributed by atoms with E-state index < -0.39 is 0 Å². The molecule has 0 bridgehead atoms. The molecule has 0 saturated heterocycles. The minimum absolute atomic E-state index is 0. The molecule has 0 aromatic heterocycles. The predicted octanol–water partition coefficient (Wildman–Crippen LogP) is 3.01. The van der Waals surface area contributed by atoms with E-state index in [9.17, 15) is 0 Å². The summed E-state index contributed by atoms with van der Waals surface area (Å²) >= 11 is 0. The van der Waals surface area contributed by atoms with Crippen molar-refractivity contribution in [1.82, 2.24) is 20.4 Å². The van der Waals surface area contributed by atoms with E-state index in [1.165, 1.54) is 38.8 Å². The minimum atomic E-state index is 0. The first-order chi connectivity index (χ1) is 11.1. The lowest BCUT2D eigenvalue weighted by molar-refractivity contribution is 0.292. The van der Waals surface area contributed by atoms with Gasteiger partial charge in [0.2, 0.25) is 0 Å². The summed E-state index contributed by atoms with van der Waals surface area (Å²) in [5.41, 5.74) is 0. The smallest absolute Gasteiger partial charge is 0.191 e. The first kappa shape index (κ1) is 26.2. The zero-order valence-electron chi connectivity index (χ0n) is 16.9. The van der Waals surface area contributed by atoms with Crippen molar-refractivity contribution in [2.45, 2.75) is 59.4 Å². The Labute approximate surface area is 168 Å². The molecule has 0 saturated carbocycles. The summed E-state index contributed by atoms with van der Waals surface area (Å²) in [5, 5.41) is 6.91. The molecule has 24 heavy (non-hydrogen) atoms. The quantitative estimate of drug-likeness (QED) is 0.255. The second kappa shape index (κ2) is 17.7. The molecular formula is C18H42IN5. The first-order valence-corrected chi connectivity index (χ1v) is 9.45. The number of halogens is 1. The molecule has 0 fully saturated rings. The molecule has 0 spiro atoms. The van der Waals surface area contributed by atoms with E-state index >= 15 is 0 Å². The molecule has 0 rings (SSSR count). The normalized spacial score (nSPS) is 13.1. The van der Waals surface area contributed by atoms with Gasteiger partial charge in [-0.1, -0.05) is 27.2 Å². The second-order valence-corrected chi connectivity index (χ2v) is 6.37. The molecule has 2 N–H and O–H groups in total. The van der Waals surface area contributed by atoms with Crippen LogP contribution in [0.5, 0.6) is 0 Å². The number of aliphatic imine (C=N–C) groups is 1. The summed E-state index contributed by atoms with van der Waals surface area (Å²) < 4.78 is 0. The molecule has 0 aromatic carbocycles. The minimum Gasteiger partial charge on any atom is -0.355 e. The summed E-state index contributed by atoms with van der Waals surface area (Å²) in [5.74, 6) is 0.921. The van der Waals surface area contributed by atoms with Gasteiger partial charge >= 0.3 is 0 Å². The Hall–Kier alpha value is -0.0800. The Morgan fingerprint density at radius 1 is 1.04 bits per heavy atom. The Balaban J connectivity index is 0. The van der Waals surface area contributed by atoms with Crippen LogP contribution < -0.4 is 10.6 Å². The number of unbranched alkanes of at least 4 members (excludes halogenated alkanes) is 1. The third-order valence-corrected chi connectivity index (χ3v) is 4.29. The van der Waals surface area contributed by atoms with Crippen molar-refractivity contribution in [3.05, 3.63) is 0 Å². The fourth-order valence-corrected chi connectivity index (χ4v) is 2.57. The van der Waals surface area contributed by atoms with Crippen LogP contribution in [0.4, 0.5) is 0 Å². The average molecular weight is 455 g/mol. The van der Waals surface area contributed by atoms with Gasteiger partial charge in [0.05, 0.1) is 0 Å². The van der Waals surface area contributed by atoms with Crippen LogP contribution >= 0.6 is 24.0 Å². The molecular weight excluding hydrogens is 413 g/mol. The highest BCUT2D eigenvalue weighted by atomic mass is 127. The van der Waals surface area contributed by atoms with E-state index in [2.05, 4.69) is 60.2 Å². The molecule has 0 aliphatic rings. The van der Waals surface area contributed by atoms with Crippen molar-refractivity contribution in [1.29, 1.82) is 0 Å². The first-order valence-electron chi connectivity index (χ1n) is 9.45. The van der Waals surface area contributed by atoms with Gasteiger partial charge in [-0.25, -0.2) is 0 Å². The Kier molecular flexibility index (Phi) is 19.3. The number of likely N-dealkylation sites (N-methyl/N-ethyl adjacent to an activating group) is 1. The molecule has 0 amide bonds. The van der Waals surface area contributed by atoms with Crippen molar-refractivity contribution in [3.63, 3.8) is 0 Å². The highest BCUT2D eigenvalue weighted by molar-refractivity contribution is 14.0. The van der Waals surface area contributed by atoms with Gasteiger partial charge in [-0.2, -0.15) is 0 Å². The molecule has 0 aromatic rings. The van der Waals surface area contributed by atoms with Gasteiger partial charge in [-0.15, -0.1) is 24.0 Å². The fraction of sp³-hybridized carbons (Fsp3) is 0.944. The van der Waals surface area contributed by atoms with Crippen molar-refractivity contribution in [2.75, 3.05) is 53.4 Å². The molecule has 5 nitrogen and oxygen atoms in total. The van der Waals surface area contributed by atoms with Crippen LogP contribution in [-0.4, -0.2) is 75.2 Å². The van der Waals surface area contributed by atoms with E-state index in [1.807, 2.05) is 7.05 Å². The molecule has 146 valence electrons. The summed E-state index contributed by atoms with van der Waals surface area (Å²) in [6, 6.07) is 0.453. The zero-order chi connectivity index (χ0) is 17.5. The van der Waals surface area contributed by atoms with E-state index in [1.54, 1.807) is 0 Å². The monoisotopic (exact) mass is 455 g/mol. The maximum absolute atomic E-state index is 4.33. The van der Waals surface area contributed by atoms with Crippen molar-refractivity contribution >= 4 is 29.9 Å². The number of guanidine groups is 1. The lowest BCUT2D eigenvalue weighted by atomic mass is 10.2. The van der Waals surface area contributed by atoms with Gasteiger partial charge in [-0.05, 0) is 59.4 Å². The van der Waals surface area contributed by atoms with Crippen LogP contribution in [0.25, 0.3) is 0 Å². The fourth-order valence-electron chi connectivity index (χ4n) is 2.57. The van der Waals surface area contributed by atoms with E-state index in [4.69, 9.17) is 0 Å². The lowest BCUT2D eigenvalue weighted by Crippen LogP contribution is -2.44. The van der Waals surface area contributed by atoms with Crippen molar-refractivity contribution < 1.29 is 0 Å². The number of hydrogen-bond donors (Lipinski definition) is 2. The molecule has 0 heterocycles. The van der Waals surface area contributed by atoms with Crippen molar-refractivity contribution in [3.8, 4) is 0 Å². The third kappa shape index (κ3) is 14.3. The summed E-state index contributed by atoms with van der Waals surface area (Å²) in [7, 11) is 4.03. The van der Waals surface area contributed by atoms with Crippen molar-refractivity contribution in [2.24, 2.45) is 4.99 Å². The topological polar surface area (TPSA) is 42.9 Å². The van der Waals surface area contributed by atoms with Crippen LogP contribution in [-0.2, 0) is 0 Å². The van der Waals surface area contributed by atoms with E-state index in [0.29, 0.717) is 6.04 Å². The highest BCUT2D eigenvalue weighted by Crippen LogP contribution is 1.99. The molecule has 1 atom stereocenters. The number of hydrogen-bond acceptors (Lipinski definition) is 3. The number of rotatable bonds is 13. The van der Waals surface area contributed by atoms with Gasteiger partial charge < -0.3 is 20.4 Å². The number of nitrogens with zero attached hydrogens (tertiary/aromatic N) is 3. The van der Waals surface area contributed by atoms with Crippen LogP contribution in [0.15, 0.2) is 4.99 Å². The van der Waals surface area contributed by atoms with Gasteiger partial charge in [0.1, 0.15) is 0 Å². The van der Waals surface area contributed by atoms with Crippen LogP contribution in [0.3, 0.4) is 0 Å². The summed E-state index contributed by atoms with van der Waals surface area (Å²) in [4.78, 5) is 9.18. The summed E-state index contributed by atoms with van der Waals surface area (Å²) in [6.45, 7) is 15.6. The van der Waals surface area contributed by atoms with Gasteiger partial charge in [-0.3, -0.25) is 4.99 Å². The Morgan fingerprint density at radius 3 is 2.25 bits per heavy atom. The average Bonchev–Trinajstić information content (AvgIpc) is 2.55. The summed E-state index contributed by atoms with van der Waals surface area (Å²) in [6.07, 6.45) is 4.93. The Bertz CT molecular complexity index is 295. The maximum atomic E-state index is 4.33. The standard InChI is InChI=1S/C18H41N5.HI/c1-7-10-14-22(6)16-13-20-18(19-5)21-17(4)12-11-15-23(8-2)9-3;/h17H,7-16H2,1-6H3,(H2,19,20,21);1H. The molecule has 0 aliphatic carbocycles. The largest absolute Gasteiger partial charge is 0.355 e. The number of nitrogens with one attached hydrogen (secondary N) is 2. The molecule has 0 aliphatic heterocycles. The maximum Gasteiger partial charge on any atom is 0.191 e. The van der Waals surface area contributed by atoms with Gasteiger partial charge in [0, 0.05) is 26.2 Å². The highest BCUT2D eigenvalue weighted by Gasteiger charge is 2.06. The van der Waals surface area contributed by atoms with Gasteiger partial charge in [0.15, 0.2) is 5.96 Å². The molecule has 1 unspecified atom stereocenters. The van der Waals surface area contributed by atoms with Crippen LogP contribution in [0, 0.1) is 0 Å².